The van der Waals surface area contributed by atoms with Crippen LogP contribution >= 0.6 is 0 Å². The van der Waals surface area contributed by atoms with Gasteiger partial charge in [0.2, 0.25) is 0 Å². The molecule has 0 spiro atoms. The largest absolute Gasteiger partial charge is 0.327 e. The highest BCUT2D eigenvalue weighted by atomic mass is 14.7. The highest BCUT2D eigenvalue weighted by Crippen LogP contribution is 2.50. The Morgan fingerprint density at radius 3 is 2.15 bits per heavy atom. The molecule has 0 radical (unpaired) electrons. The van der Waals surface area contributed by atoms with Crippen molar-refractivity contribution in [2.24, 2.45) is 40.7 Å². The molecule has 3 saturated carbocycles. The molecule has 2 bridgehead atoms. The van der Waals surface area contributed by atoms with E-state index in [1.807, 2.05) is 0 Å². The Labute approximate surface area is 126 Å². The number of fused-ring (bicyclic) bond motifs is 2. The van der Waals surface area contributed by atoms with Gasteiger partial charge < -0.3 is 5.73 Å². The maximum absolute atomic E-state index is 6.61. The van der Waals surface area contributed by atoms with Crippen molar-refractivity contribution >= 4 is 0 Å². The SMILES string of the molecule is CC(C)(C)C1CCC(C(N)CC2CC3CCC2C3)CC1. The molecule has 2 N–H and O–H groups in total. The van der Waals surface area contributed by atoms with Crippen molar-refractivity contribution in [3.8, 4) is 0 Å². The maximum atomic E-state index is 6.61. The first-order valence-corrected chi connectivity index (χ1v) is 9.19. The van der Waals surface area contributed by atoms with E-state index >= 15 is 0 Å². The van der Waals surface area contributed by atoms with Crippen LogP contribution in [0.15, 0.2) is 0 Å². The number of rotatable bonds is 3. The second-order valence-corrected chi connectivity index (χ2v) is 9.31. The first-order valence-electron chi connectivity index (χ1n) is 9.19. The predicted octanol–water partition coefficient (Wildman–Crippen LogP) is 4.99. The molecule has 3 aliphatic carbocycles. The van der Waals surface area contributed by atoms with Crippen LogP contribution in [0.3, 0.4) is 0 Å². The van der Waals surface area contributed by atoms with E-state index in [1.54, 1.807) is 0 Å². The Kier molecular flexibility index (Phi) is 4.19. The lowest BCUT2D eigenvalue weighted by atomic mass is 9.67. The van der Waals surface area contributed by atoms with Gasteiger partial charge in [0, 0.05) is 6.04 Å². The van der Waals surface area contributed by atoms with Crippen LogP contribution in [-0.2, 0) is 0 Å². The quantitative estimate of drug-likeness (QED) is 0.772. The fraction of sp³-hybridized carbons (Fsp3) is 1.00. The molecule has 0 aliphatic heterocycles. The lowest BCUT2D eigenvalue weighted by molar-refractivity contribution is 0.130. The van der Waals surface area contributed by atoms with E-state index in [1.165, 1.54) is 57.8 Å². The van der Waals surface area contributed by atoms with Crippen LogP contribution in [0, 0.1) is 35.0 Å². The van der Waals surface area contributed by atoms with Gasteiger partial charge in [0.15, 0.2) is 0 Å². The van der Waals surface area contributed by atoms with Crippen LogP contribution in [0.4, 0.5) is 0 Å². The molecule has 0 amide bonds. The van der Waals surface area contributed by atoms with Crippen molar-refractivity contribution in [1.82, 2.24) is 0 Å². The molecule has 3 rings (SSSR count). The zero-order chi connectivity index (χ0) is 14.3. The van der Waals surface area contributed by atoms with Crippen molar-refractivity contribution in [3.05, 3.63) is 0 Å². The summed E-state index contributed by atoms with van der Waals surface area (Å²) < 4.78 is 0. The summed E-state index contributed by atoms with van der Waals surface area (Å²) in [6.07, 6.45) is 13.0. The Morgan fingerprint density at radius 1 is 0.950 bits per heavy atom. The van der Waals surface area contributed by atoms with Gasteiger partial charge in [-0.1, -0.05) is 27.2 Å². The monoisotopic (exact) mass is 277 g/mol. The highest BCUT2D eigenvalue weighted by Gasteiger charge is 2.41. The Hall–Kier alpha value is -0.0400. The zero-order valence-corrected chi connectivity index (χ0v) is 13.9. The average Bonchev–Trinajstić information content (AvgIpc) is 3.00. The van der Waals surface area contributed by atoms with Crippen molar-refractivity contribution < 1.29 is 0 Å². The average molecular weight is 277 g/mol. The van der Waals surface area contributed by atoms with Crippen molar-refractivity contribution in [2.75, 3.05) is 0 Å². The van der Waals surface area contributed by atoms with Crippen LogP contribution in [0.5, 0.6) is 0 Å². The Bertz CT molecular complexity index is 321. The van der Waals surface area contributed by atoms with Crippen molar-refractivity contribution in [1.29, 1.82) is 0 Å². The Morgan fingerprint density at radius 2 is 1.65 bits per heavy atom. The van der Waals surface area contributed by atoms with E-state index < -0.39 is 0 Å². The number of nitrogens with two attached hydrogens (primary N) is 1. The summed E-state index contributed by atoms with van der Waals surface area (Å²) in [6.45, 7) is 7.23. The fourth-order valence-corrected chi connectivity index (χ4v) is 5.62. The van der Waals surface area contributed by atoms with Gasteiger partial charge in [-0.3, -0.25) is 0 Å². The van der Waals surface area contributed by atoms with E-state index in [2.05, 4.69) is 20.8 Å². The summed E-state index contributed by atoms with van der Waals surface area (Å²) in [5, 5.41) is 0. The topological polar surface area (TPSA) is 26.0 Å². The molecule has 20 heavy (non-hydrogen) atoms. The molecule has 0 heterocycles. The second-order valence-electron chi connectivity index (χ2n) is 9.31. The van der Waals surface area contributed by atoms with Crippen LogP contribution in [-0.4, -0.2) is 6.04 Å². The molecule has 0 saturated heterocycles. The molecular formula is C19H35N. The zero-order valence-electron chi connectivity index (χ0n) is 13.9. The predicted molar refractivity (Wildman–Crippen MR) is 86.4 cm³/mol. The first kappa shape index (κ1) is 14.9. The lowest BCUT2D eigenvalue weighted by Crippen LogP contribution is -2.37. The summed E-state index contributed by atoms with van der Waals surface area (Å²) in [7, 11) is 0. The van der Waals surface area contributed by atoms with Gasteiger partial charge in [0.05, 0.1) is 0 Å². The lowest BCUT2D eigenvalue weighted by Gasteiger charge is -2.39. The minimum absolute atomic E-state index is 0.500. The van der Waals surface area contributed by atoms with Gasteiger partial charge in [-0.15, -0.1) is 0 Å². The second kappa shape index (κ2) is 5.63. The minimum Gasteiger partial charge on any atom is -0.327 e. The minimum atomic E-state index is 0.500. The van der Waals surface area contributed by atoms with Crippen LogP contribution < -0.4 is 5.73 Å². The molecule has 4 atom stereocenters. The molecule has 3 aliphatic rings. The normalized spacial score (nSPS) is 42.9. The smallest absolute Gasteiger partial charge is 0.00699 e. The van der Waals surface area contributed by atoms with Gasteiger partial charge >= 0.3 is 0 Å². The van der Waals surface area contributed by atoms with Crippen LogP contribution in [0.25, 0.3) is 0 Å². The van der Waals surface area contributed by atoms with E-state index in [0.29, 0.717) is 11.5 Å². The maximum Gasteiger partial charge on any atom is 0.00699 e. The van der Waals surface area contributed by atoms with E-state index in [-0.39, 0.29) is 0 Å². The standard InChI is InChI=1S/C19H35N/c1-19(2,3)17-8-6-14(7-9-17)18(20)12-16-11-13-4-5-15(16)10-13/h13-18H,4-12,20H2,1-3H3. The molecule has 1 heteroatoms. The summed E-state index contributed by atoms with van der Waals surface area (Å²) in [4.78, 5) is 0. The van der Waals surface area contributed by atoms with Gasteiger partial charge in [-0.25, -0.2) is 0 Å². The summed E-state index contributed by atoms with van der Waals surface area (Å²) >= 11 is 0. The van der Waals surface area contributed by atoms with E-state index in [0.717, 1.165) is 29.6 Å². The molecule has 0 aromatic rings. The van der Waals surface area contributed by atoms with Crippen molar-refractivity contribution in [2.45, 2.75) is 84.6 Å². The summed E-state index contributed by atoms with van der Waals surface area (Å²) in [6, 6.07) is 0.500. The summed E-state index contributed by atoms with van der Waals surface area (Å²) in [5.41, 5.74) is 7.11. The molecule has 1 nitrogen and oxygen atoms in total. The molecule has 3 fully saturated rings. The van der Waals surface area contributed by atoms with Gasteiger partial charge in [-0.2, -0.15) is 0 Å². The fourth-order valence-electron chi connectivity index (χ4n) is 5.62. The Balaban J connectivity index is 1.46. The van der Waals surface area contributed by atoms with Gasteiger partial charge in [0.1, 0.15) is 0 Å². The molecule has 0 aromatic heterocycles. The van der Waals surface area contributed by atoms with E-state index in [9.17, 15) is 0 Å². The third-order valence-electron chi connectivity index (χ3n) is 7.06. The van der Waals surface area contributed by atoms with Crippen molar-refractivity contribution in [3.63, 3.8) is 0 Å². The first-order chi connectivity index (χ1) is 9.43. The van der Waals surface area contributed by atoms with Crippen LogP contribution in [0.1, 0.15) is 78.6 Å². The van der Waals surface area contributed by atoms with Gasteiger partial charge in [-0.05, 0) is 86.4 Å². The summed E-state index contributed by atoms with van der Waals surface area (Å²) in [5.74, 6) is 4.87. The number of hydrogen-bond donors (Lipinski definition) is 1. The molecule has 4 unspecified atom stereocenters. The van der Waals surface area contributed by atoms with Crippen LogP contribution in [0.2, 0.25) is 0 Å². The molecule has 116 valence electrons. The third-order valence-corrected chi connectivity index (χ3v) is 7.06. The molecular weight excluding hydrogens is 242 g/mol. The third kappa shape index (κ3) is 3.08. The highest BCUT2D eigenvalue weighted by molar-refractivity contribution is 4.93. The van der Waals surface area contributed by atoms with E-state index in [4.69, 9.17) is 5.73 Å². The van der Waals surface area contributed by atoms with Gasteiger partial charge in [0.25, 0.3) is 0 Å². The molecule has 0 aromatic carbocycles. The number of hydrogen-bond acceptors (Lipinski definition) is 1.